The van der Waals surface area contributed by atoms with E-state index in [9.17, 15) is 4.79 Å². The van der Waals surface area contributed by atoms with Crippen molar-refractivity contribution in [1.82, 2.24) is 9.78 Å². The molecule has 1 aromatic carbocycles. The lowest BCUT2D eigenvalue weighted by atomic mass is 10.2. The van der Waals surface area contributed by atoms with Crippen LogP contribution < -0.4 is 0 Å². The Hall–Kier alpha value is -1.65. The van der Waals surface area contributed by atoms with Gasteiger partial charge in [0.1, 0.15) is 0 Å². The fraction of sp³-hybridized carbons (Fsp3) is 0.286. The molecule has 0 saturated heterocycles. The highest BCUT2D eigenvalue weighted by atomic mass is 35.5. The van der Waals surface area contributed by atoms with Crippen LogP contribution in [-0.2, 0) is 17.9 Å². The Labute approximate surface area is 116 Å². The average molecular weight is 279 g/mol. The van der Waals surface area contributed by atoms with E-state index in [1.54, 1.807) is 10.9 Å². The van der Waals surface area contributed by atoms with Crippen LogP contribution >= 0.6 is 11.6 Å². The van der Waals surface area contributed by atoms with E-state index in [4.69, 9.17) is 16.3 Å². The van der Waals surface area contributed by atoms with Crippen LogP contribution in [0.15, 0.2) is 42.7 Å². The van der Waals surface area contributed by atoms with Gasteiger partial charge in [0.2, 0.25) is 0 Å². The van der Waals surface area contributed by atoms with Gasteiger partial charge in [-0.2, -0.15) is 5.10 Å². The second-order valence-corrected chi connectivity index (χ2v) is 4.35. The summed E-state index contributed by atoms with van der Waals surface area (Å²) in [5.74, 6) is -0.131. The Kier molecular flexibility index (Phi) is 5.12. The number of Topliss-reactive ketones (excluding diaryl/α,β-unsaturated/α-hetero) is 1. The number of ketones is 1. The van der Waals surface area contributed by atoms with Gasteiger partial charge in [-0.3, -0.25) is 9.48 Å². The Morgan fingerprint density at radius 3 is 2.84 bits per heavy atom. The highest BCUT2D eigenvalue weighted by Gasteiger charge is 2.06. The molecule has 19 heavy (non-hydrogen) atoms. The molecule has 4 nitrogen and oxygen atoms in total. The van der Waals surface area contributed by atoms with E-state index in [-0.39, 0.29) is 11.7 Å². The van der Waals surface area contributed by atoms with Crippen LogP contribution in [0.25, 0.3) is 0 Å². The normalized spacial score (nSPS) is 10.6. The first kappa shape index (κ1) is 13.8. The molecule has 0 bridgehead atoms. The largest absolute Gasteiger partial charge is 0.375 e. The first-order chi connectivity index (χ1) is 9.29. The zero-order chi connectivity index (χ0) is 13.5. The highest BCUT2D eigenvalue weighted by molar-refractivity contribution is 6.30. The minimum absolute atomic E-state index is 0.0177. The van der Waals surface area contributed by atoms with Crippen LogP contribution in [0.4, 0.5) is 0 Å². The molecule has 0 aliphatic rings. The van der Waals surface area contributed by atoms with Crippen molar-refractivity contribution < 1.29 is 9.53 Å². The third-order valence-electron chi connectivity index (χ3n) is 2.65. The van der Waals surface area contributed by atoms with E-state index >= 15 is 0 Å². The van der Waals surface area contributed by atoms with Crippen molar-refractivity contribution in [3.8, 4) is 0 Å². The second-order valence-electron chi connectivity index (χ2n) is 4.09. The molecule has 1 heterocycles. The number of carbonyl (C=O) groups is 1. The van der Waals surface area contributed by atoms with Crippen molar-refractivity contribution in [2.24, 2.45) is 0 Å². The summed E-state index contributed by atoms with van der Waals surface area (Å²) >= 11 is 5.48. The van der Waals surface area contributed by atoms with Gasteiger partial charge >= 0.3 is 0 Å². The van der Waals surface area contributed by atoms with Crippen molar-refractivity contribution in [2.45, 2.75) is 13.2 Å². The number of ether oxygens (including phenoxy) is 1. The van der Waals surface area contributed by atoms with Crippen molar-refractivity contribution >= 4 is 17.4 Å². The standard InChI is InChI=1S/C14H15ClN2O2/c15-8-14(18)13-9-16-17(10-13)6-7-19-11-12-4-2-1-3-5-12/h1-5,9-10H,6-8,11H2. The van der Waals surface area contributed by atoms with Gasteiger partial charge < -0.3 is 4.74 Å². The fourth-order valence-electron chi connectivity index (χ4n) is 1.63. The smallest absolute Gasteiger partial charge is 0.180 e. The molecule has 0 atom stereocenters. The molecule has 0 radical (unpaired) electrons. The van der Waals surface area contributed by atoms with Gasteiger partial charge in [-0.15, -0.1) is 11.6 Å². The minimum Gasteiger partial charge on any atom is -0.375 e. The lowest BCUT2D eigenvalue weighted by Gasteiger charge is -2.04. The summed E-state index contributed by atoms with van der Waals surface area (Å²) in [4.78, 5) is 11.3. The van der Waals surface area contributed by atoms with Crippen LogP contribution in [0.2, 0.25) is 0 Å². The van der Waals surface area contributed by atoms with E-state index in [1.165, 1.54) is 6.20 Å². The molecule has 0 N–H and O–H groups in total. The van der Waals surface area contributed by atoms with Gasteiger partial charge in [0.15, 0.2) is 5.78 Å². The Bertz CT molecular complexity index is 525. The third-order valence-corrected chi connectivity index (χ3v) is 2.90. The quantitative estimate of drug-likeness (QED) is 0.444. The number of nitrogens with zero attached hydrogens (tertiary/aromatic N) is 2. The minimum atomic E-state index is -0.113. The Balaban J connectivity index is 1.74. The first-order valence-electron chi connectivity index (χ1n) is 6.03. The fourth-order valence-corrected chi connectivity index (χ4v) is 1.78. The number of hydrogen-bond donors (Lipinski definition) is 0. The van der Waals surface area contributed by atoms with Gasteiger partial charge in [-0.05, 0) is 5.56 Å². The first-order valence-corrected chi connectivity index (χ1v) is 6.56. The summed E-state index contributed by atoms with van der Waals surface area (Å²) in [6.07, 6.45) is 3.22. The van der Waals surface area contributed by atoms with E-state index in [0.717, 1.165) is 5.56 Å². The molecule has 1 aromatic heterocycles. The van der Waals surface area contributed by atoms with E-state index < -0.39 is 0 Å². The number of hydrogen-bond acceptors (Lipinski definition) is 3. The molecule has 5 heteroatoms. The summed E-state index contributed by atoms with van der Waals surface area (Å²) in [5, 5.41) is 4.09. The van der Waals surface area contributed by atoms with Crippen molar-refractivity contribution in [1.29, 1.82) is 0 Å². The van der Waals surface area contributed by atoms with Gasteiger partial charge in [-0.25, -0.2) is 0 Å². The van der Waals surface area contributed by atoms with Crippen LogP contribution in [0.3, 0.4) is 0 Å². The van der Waals surface area contributed by atoms with Gasteiger partial charge in [-0.1, -0.05) is 30.3 Å². The topological polar surface area (TPSA) is 44.1 Å². The van der Waals surface area contributed by atoms with Crippen molar-refractivity contribution in [3.63, 3.8) is 0 Å². The Morgan fingerprint density at radius 2 is 2.11 bits per heavy atom. The summed E-state index contributed by atoms with van der Waals surface area (Å²) < 4.78 is 7.23. The molecule has 100 valence electrons. The molecule has 2 aromatic rings. The lowest BCUT2D eigenvalue weighted by Crippen LogP contribution is -2.06. The molecule has 0 saturated carbocycles. The van der Waals surface area contributed by atoms with Crippen LogP contribution in [0, 0.1) is 0 Å². The summed E-state index contributed by atoms with van der Waals surface area (Å²) in [6, 6.07) is 9.98. The predicted molar refractivity (Wildman–Crippen MR) is 73.4 cm³/mol. The second kappa shape index (κ2) is 7.07. The number of alkyl halides is 1. The maximum Gasteiger partial charge on any atom is 0.180 e. The molecule has 0 aliphatic heterocycles. The molecule has 0 fully saturated rings. The highest BCUT2D eigenvalue weighted by Crippen LogP contribution is 2.02. The van der Waals surface area contributed by atoms with Gasteiger partial charge in [0, 0.05) is 6.20 Å². The maximum atomic E-state index is 11.3. The van der Waals surface area contributed by atoms with E-state index in [2.05, 4.69) is 5.10 Å². The number of benzene rings is 1. The number of aromatic nitrogens is 2. The molecular formula is C14H15ClN2O2. The third kappa shape index (κ3) is 4.19. The summed E-state index contributed by atoms with van der Waals surface area (Å²) in [7, 11) is 0. The summed E-state index contributed by atoms with van der Waals surface area (Å²) in [6.45, 7) is 1.74. The SMILES string of the molecule is O=C(CCl)c1cnn(CCOCc2ccccc2)c1. The summed E-state index contributed by atoms with van der Waals surface area (Å²) in [5.41, 5.74) is 1.68. The average Bonchev–Trinajstić information content (AvgIpc) is 2.93. The van der Waals surface area contributed by atoms with Gasteiger partial charge in [0.05, 0.1) is 37.4 Å². The van der Waals surface area contributed by atoms with Crippen molar-refractivity contribution in [3.05, 3.63) is 53.9 Å². The van der Waals surface area contributed by atoms with Crippen LogP contribution in [0.5, 0.6) is 0 Å². The number of halogens is 1. The lowest BCUT2D eigenvalue weighted by molar-refractivity contribution is 0.101. The molecule has 0 aliphatic carbocycles. The van der Waals surface area contributed by atoms with Crippen molar-refractivity contribution in [2.75, 3.05) is 12.5 Å². The zero-order valence-corrected chi connectivity index (χ0v) is 11.2. The molecular weight excluding hydrogens is 264 g/mol. The molecule has 2 rings (SSSR count). The number of carbonyl (C=O) groups excluding carboxylic acids is 1. The van der Waals surface area contributed by atoms with E-state index in [0.29, 0.717) is 25.3 Å². The molecule has 0 unspecified atom stereocenters. The van der Waals surface area contributed by atoms with Crippen LogP contribution in [-0.4, -0.2) is 28.1 Å². The van der Waals surface area contributed by atoms with E-state index in [1.807, 2.05) is 30.3 Å². The monoisotopic (exact) mass is 278 g/mol. The molecule has 0 spiro atoms. The zero-order valence-electron chi connectivity index (χ0n) is 10.5. The predicted octanol–water partition coefficient (Wildman–Crippen LogP) is 2.52. The van der Waals surface area contributed by atoms with Gasteiger partial charge in [0.25, 0.3) is 0 Å². The Morgan fingerprint density at radius 1 is 1.32 bits per heavy atom. The maximum absolute atomic E-state index is 11.3. The number of rotatable bonds is 7. The molecule has 0 amide bonds. The van der Waals surface area contributed by atoms with Crippen LogP contribution in [0.1, 0.15) is 15.9 Å².